The Morgan fingerprint density at radius 3 is 2.18 bits per heavy atom. The zero-order valence-electron chi connectivity index (χ0n) is 6.62. The van der Waals surface area contributed by atoms with Gasteiger partial charge in [-0.25, -0.2) is 0 Å². The Hall–Kier alpha value is -0.210. The zero-order valence-corrected chi connectivity index (χ0v) is 6.62. The summed E-state index contributed by atoms with van der Waals surface area (Å²) in [5, 5.41) is 0. The number of hydrogen-bond acceptors (Lipinski definition) is 0. The highest BCUT2D eigenvalue weighted by atomic mass is 19.4. The maximum absolute atomic E-state index is 12.1. The summed E-state index contributed by atoms with van der Waals surface area (Å²) in [7, 11) is 0. The van der Waals surface area contributed by atoms with Gasteiger partial charge in [-0.3, -0.25) is 0 Å². The van der Waals surface area contributed by atoms with Crippen molar-refractivity contribution < 1.29 is 13.2 Å². The predicted molar refractivity (Wildman–Crippen MR) is 37.2 cm³/mol. The molecule has 11 heavy (non-hydrogen) atoms. The Kier molecular flexibility index (Phi) is 2.45. The first-order valence-corrected chi connectivity index (χ1v) is 4.10. The van der Waals surface area contributed by atoms with E-state index in [0.717, 1.165) is 12.8 Å². The molecule has 0 heterocycles. The molecule has 1 rings (SSSR count). The van der Waals surface area contributed by atoms with Crippen molar-refractivity contribution in [3.63, 3.8) is 0 Å². The van der Waals surface area contributed by atoms with Gasteiger partial charge in [0.2, 0.25) is 0 Å². The smallest absolute Gasteiger partial charge is 0.171 e. The van der Waals surface area contributed by atoms with Gasteiger partial charge in [-0.2, -0.15) is 13.2 Å². The zero-order chi connectivity index (χ0) is 8.48. The molecular formula is C8H13F3. The van der Waals surface area contributed by atoms with Gasteiger partial charge < -0.3 is 0 Å². The monoisotopic (exact) mass is 166 g/mol. The molecule has 1 aliphatic carbocycles. The summed E-state index contributed by atoms with van der Waals surface area (Å²) in [5.74, 6) is -0.686. The summed E-state index contributed by atoms with van der Waals surface area (Å²) in [6.45, 7) is 1.96. The van der Waals surface area contributed by atoms with E-state index in [1.807, 2.05) is 6.92 Å². The highest BCUT2D eigenvalue weighted by Crippen LogP contribution is 2.42. The SMILES string of the molecule is CCC1CCC(C(F)(F)F)C1. The van der Waals surface area contributed by atoms with Gasteiger partial charge in [0.1, 0.15) is 0 Å². The minimum Gasteiger partial charge on any atom is -0.171 e. The van der Waals surface area contributed by atoms with Gasteiger partial charge in [0.05, 0.1) is 5.92 Å². The fraction of sp³-hybridized carbons (Fsp3) is 1.00. The van der Waals surface area contributed by atoms with Crippen LogP contribution in [0.15, 0.2) is 0 Å². The van der Waals surface area contributed by atoms with Crippen molar-refractivity contribution in [2.45, 2.75) is 38.8 Å². The molecule has 1 fully saturated rings. The van der Waals surface area contributed by atoms with Crippen molar-refractivity contribution in [2.75, 3.05) is 0 Å². The summed E-state index contributed by atoms with van der Waals surface area (Å²) in [5.41, 5.74) is 0. The second-order valence-electron chi connectivity index (χ2n) is 3.33. The van der Waals surface area contributed by atoms with Crippen LogP contribution in [0.5, 0.6) is 0 Å². The fourth-order valence-corrected chi connectivity index (χ4v) is 1.74. The highest BCUT2D eigenvalue weighted by molar-refractivity contribution is 4.79. The maximum Gasteiger partial charge on any atom is 0.391 e. The molecule has 0 nitrogen and oxygen atoms in total. The molecule has 66 valence electrons. The lowest BCUT2D eigenvalue weighted by atomic mass is 10.0. The number of halogens is 3. The van der Waals surface area contributed by atoms with Crippen LogP contribution in [-0.4, -0.2) is 6.18 Å². The lowest BCUT2D eigenvalue weighted by Gasteiger charge is -2.13. The summed E-state index contributed by atoms with van der Waals surface area (Å²) in [6.07, 6.45) is -1.57. The van der Waals surface area contributed by atoms with Gasteiger partial charge in [0.25, 0.3) is 0 Å². The standard InChI is InChI=1S/C8H13F3/c1-2-6-3-4-7(5-6)8(9,10)11/h6-7H,2-5H2,1H3. The molecular weight excluding hydrogens is 153 g/mol. The van der Waals surface area contributed by atoms with Crippen molar-refractivity contribution >= 4 is 0 Å². The molecule has 0 aliphatic heterocycles. The topological polar surface area (TPSA) is 0 Å². The van der Waals surface area contributed by atoms with E-state index in [2.05, 4.69) is 0 Å². The molecule has 1 saturated carbocycles. The minimum absolute atomic E-state index is 0.321. The largest absolute Gasteiger partial charge is 0.391 e. The van der Waals surface area contributed by atoms with Crippen LogP contribution in [0.3, 0.4) is 0 Å². The first kappa shape index (κ1) is 8.88. The van der Waals surface area contributed by atoms with Crippen LogP contribution in [0, 0.1) is 11.8 Å². The van der Waals surface area contributed by atoms with Crippen molar-refractivity contribution in [1.29, 1.82) is 0 Å². The van der Waals surface area contributed by atoms with E-state index < -0.39 is 12.1 Å². The average molecular weight is 166 g/mol. The quantitative estimate of drug-likeness (QED) is 0.560. The third-order valence-electron chi connectivity index (χ3n) is 2.58. The summed E-state index contributed by atoms with van der Waals surface area (Å²) in [4.78, 5) is 0. The van der Waals surface area contributed by atoms with Gasteiger partial charge in [0.15, 0.2) is 0 Å². The fourth-order valence-electron chi connectivity index (χ4n) is 1.74. The molecule has 2 atom stereocenters. The normalized spacial score (nSPS) is 32.7. The Morgan fingerprint density at radius 1 is 1.27 bits per heavy atom. The Labute approximate surface area is 64.8 Å². The van der Waals surface area contributed by atoms with Gasteiger partial charge in [-0.05, 0) is 25.2 Å². The summed E-state index contributed by atoms with van der Waals surface area (Å²) in [6, 6.07) is 0. The first-order chi connectivity index (χ1) is 5.04. The highest BCUT2D eigenvalue weighted by Gasteiger charge is 2.43. The molecule has 1 aliphatic rings. The van der Waals surface area contributed by atoms with E-state index >= 15 is 0 Å². The maximum atomic E-state index is 12.1. The molecule has 2 unspecified atom stereocenters. The van der Waals surface area contributed by atoms with Crippen molar-refractivity contribution in [3.05, 3.63) is 0 Å². The van der Waals surface area contributed by atoms with Crippen molar-refractivity contribution in [1.82, 2.24) is 0 Å². The molecule has 0 aromatic rings. The Bertz CT molecular complexity index is 128. The van der Waals surface area contributed by atoms with Crippen molar-refractivity contribution in [2.24, 2.45) is 11.8 Å². The van der Waals surface area contributed by atoms with Gasteiger partial charge in [-0.15, -0.1) is 0 Å². The molecule has 0 spiro atoms. The molecule has 0 aromatic carbocycles. The van der Waals surface area contributed by atoms with E-state index in [1.54, 1.807) is 0 Å². The predicted octanol–water partition coefficient (Wildman–Crippen LogP) is 3.38. The second kappa shape index (κ2) is 3.03. The van der Waals surface area contributed by atoms with E-state index in [1.165, 1.54) is 0 Å². The molecule has 0 aromatic heterocycles. The molecule has 0 amide bonds. The van der Waals surface area contributed by atoms with Crippen LogP contribution in [0.25, 0.3) is 0 Å². The molecule has 0 radical (unpaired) electrons. The lowest BCUT2D eigenvalue weighted by molar-refractivity contribution is -0.173. The van der Waals surface area contributed by atoms with E-state index in [-0.39, 0.29) is 0 Å². The van der Waals surface area contributed by atoms with Crippen LogP contribution >= 0.6 is 0 Å². The molecule has 0 bridgehead atoms. The second-order valence-corrected chi connectivity index (χ2v) is 3.33. The van der Waals surface area contributed by atoms with Crippen LogP contribution in [0.2, 0.25) is 0 Å². The third-order valence-corrected chi connectivity index (χ3v) is 2.58. The average Bonchev–Trinajstić information content (AvgIpc) is 2.32. The van der Waals surface area contributed by atoms with E-state index in [4.69, 9.17) is 0 Å². The van der Waals surface area contributed by atoms with Crippen LogP contribution in [0.1, 0.15) is 32.6 Å². The molecule has 0 saturated heterocycles. The van der Waals surface area contributed by atoms with Crippen LogP contribution in [-0.2, 0) is 0 Å². The number of hydrogen-bond donors (Lipinski definition) is 0. The molecule has 3 heteroatoms. The van der Waals surface area contributed by atoms with Crippen molar-refractivity contribution in [3.8, 4) is 0 Å². The Morgan fingerprint density at radius 2 is 1.91 bits per heavy atom. The van der Waals surface area contributed by atoms with Gasteiger partial charge >= 0.3 is 6.18 Å². The minimum atomic E-state index is -3.94. The summed E-state index contributed by atoms with van der Waals surface area (Å²) >= 11 is 0. The number of alkyl halides is 3. The van der Waals surface area contributed by atoms with E-state index in [9.17, 15) is 13.2 Å². The lowest BCUT2D eigenvalue weighted by Crippen LogP contribution is -2.19. The van der Waals surface area contributed by atoms with Gasteiger partial charge in [0, 0.05) is 0 Å². The van der Waals surface area contributed by atoms with E-state index in [0.29, 0.717) is 18.8 Å². The molecule has 0 N–H and O–H groups in total. The summed E-state index contributed by atoms with van der Waals surface area (Å²) < 4.78 is 36.2. The third kappa shape index (κ3) is 2.11. The Balaban J connectivity index is 2.42. The number of rotatable bonds is 1. The van der Waals surface area contributed by atoms with Crippen LogP contribution < -0.4 is 0 Å². The first-order valence-electron chi connectivity index (χ1n) is 4.10. The van der Waals surface area contributed by atoms with Crippen LogP contribution in [0.4, 0.5) is 13.2 Å². The van der Waals surface area contributed by atoms with Gasteiger partial charge in [-0.1, -0.05) is 13.3 Å².